The van der Waals surface area contributed by atoms with E-state index in [1.54, 1.807) is 4.90 Å². The average molecular weight is 670 g/mol. The Morgan fingerprint density at radius 3 is 2.43 bits per heavy atom. The smallest absolute Gasteiger partial charge is 0.410 e. The Bertz CT molecular complexity index is 1780. The molecule has 2 atom stereocenters. The SMILES string of the molecule is CC[C@@H]1CN(C(=O)OC(C)(C)C)CCN1c1ccc(Nc2cc(-c3ccc([C@@H](C)NC(=O)c4nc(C(C)(C)C)no4)c(C)c3)ncn2)nc1. The van der Waals surface area contributed by atoms with Crippen LogP contribution in [0.4, 0.5) is 22.1 Å². The summed E-state index contributed by atoms with van der Waals surface area (Å²) in [6.07, 6.45) is 3.98. The molecular formula is C36H47N9O4. The van der Waals surface area contributed by atoms with Crippen molar-refractivity contribution in [1.82, 2.24) is 35.3 Å². The molecule has 0 spiro atoms. The van der Waals surface area contributed by atoms with E-state index in [2.05, 4.69) is 47.5 Å². The molecule has 0 aliphatic carbocycles. The number of nitrogens with one attached hydrogen (secondary N) is 2. The van der Waals surface area contributed by atoms with Crippen LogP contribution >= 0.6 is 0 Å². The summed E-state index contributed by atoms with van der Waals surface area (Å²) in [7, 11) is 0. The molecular weight excluding hydrogens is 622 g/mol. The van der Waals surface area contributed by atoms with Gasteiger partial charge in [0.1, 0.15) is 23.6 Å². The first-order chi connectivity index (χ1) is 23.1. The topological polar surface area (TPSA) is 152 Å². The molecule has 49 heavy (non-hydrogen) atoms. The number of benzene rings is 1. The van der Waals surface area contributed by atoms with Crippen molar-refractivity contribution < 1.29 is 18.8 Å². The summed E-state index contributed by atoms with van der Waals surface area (Å²) in [5.74, 6) is 1.27. The summed E-state index contributed by atoms with van der Waals surface area (Å²) in [6, 6.07) is 11.7. The van der Waals surface area contributed by atoms with Crippen LogP contribution in [-0.4, -0.2) is 73.3 Å². The van der Waals surface area contributed by atoms with Crippen LogP contribution in [0.1, 0.15) is 95.5 Å². The van der Waals surface area contributed by atoms with Crippen LogP contribution in [0.5, 0.6) is 0 Å². The predicted molar refractivity (Wildman–Crippen MR) is 188 cm³/mol. The van der Waals surface area contributed by atoms with E-state index in [1.165, 1.54) is 6.33 Å². The van der Waals surface area contributed by atoms with Crippen LogP contribution in [-0.2, 0) is 10.2 Å². The molecule has 2 N–H and O–H groups in total. The van der Waals surface area contributed by atoms with E-state index in [0.29, 0.717) is 37.1 Å². The number of pyridine rings is 1. The molecule has 0 saturated carbocycles. The van der Waals surface area contributed by atoms with Crippen molar-refractivity contribution in [3.05, 3.63) is 71.8 Å². The maximum absolute atomic E-state index is 12.8. The van der Waals surface area contributed by atoms with E-state index in [4.69, 9.17) is 9.26 Å². The number of ether oxygens (including phenoxy) is 1. The zero-order chi connectivity index (χ0) is 35.5. The average Bonchev–Trinajstić information content (AvgIpc) is 3.56. The minimum Gasteiger partial charge on any atom is -0.444 e. The Morgan fingerprint density at radius 2 is 1.80 bits per heavy atom. The number of aryl methyl sites for hydroxylation is 1. The number of anilines is 3. The molecule has 0 radical (unpaired) electrons. The minimum absolute atomic E-state index is 0.0560. The van der Waals surface area contributed by atoms with Crippen LogP contribution in [0.3, 0.4) is 0 Å². The second kappa shape index (κ2) is 14.2. The molecule has 1 aromatic carbocycles. The number of carbonyl (C=O) groups excluding carboxylic acids is 2. The molecule has 0 bridgehead atoms. The number of carbonyl (C=O) groups is 2. The van der Waals surface area contributed by atoms with Gasteiger partial charge in [-0.1, -0.05) is 45.0 Å². The summed E-state index contributed by atoms with van der Waals surface area (Å²) in [5.41, 5.74) is 3.77. The fraction of sp³-hybridized carbons (Fsp3) is 0.472. The zero-order valence-corrected chi connectivity index (χ0v) is 29.9. The van der Waals surface area contributed by atoms with Gasteiger partial charge in [-0.25, -0.2) is 19.7 Å². The summed E-state index contributed by atoms with van der Waals surface area (Å²) in [5, 5.41) is 10.2. The Hall–Kier alpha value is -5.07. The Kier molecular flexibility index (Phi) is 10.2. The molecule has 1 fully saturated rings. The van der Waals surface area contributed by atoms with Crippen molar-refractivity contribution in [2.24, 2.45) is 0 Å². The van der Waals surface area contributed by atoms with E-state index in [9.17, 15) is 9.59 Å². The van der Waals surface area contributed by atoms with Gasteiger partial charge in [0.25, 0.3) is 0 Å². The van der Waals surface area contributed by atoms with Crippen LogP contribution in [0, 0.1) is 6.92 Å². The van der Waals surface area contributed by atoms with Crippen molar-refractivity contribution in [3.8, 4) is 11.3 Å². The molecule has 260 valence electrons. The van der Waals surface area contributed by atoms with Crippen molar-refractivity contribution in [2.45, 2.75) is 91.8 Å². The van der Waals surface area contributed by atoms with Gasteiger partial charge in [-0.2, -0.15) is 4.98 Å². The van der Waals surface area contributed by atoms with Gasteiger partial charge in [-0.15, -0.1) is 0 Å². The fourth-order valence-electron chi connectivity index (χ4n) is 5.66. The minimum atomic E-state index is -0.523. The number of piperazine rings is 1. The van der Waals surface area contributed by atoms with E-state index in [-0.39, 0.29) is 29.5 Å². The summed E-state index contributed by atoms with van der Waals surface area (Å²) >= 11 is 0. The molecule has 4 heterocycles. The van der Waals surface area contributed by atoms with Gasteiger partial charge in [0.15, 0.2) is 5.82 Å². The third-order valence-corrected chi connectivity index (χ3v) is 8.28. The number of rotatable bonds is 8. The molecule has 1 aliphatic heterocycles. The van der Waals surface area contributed by atoms with E-state index < -0.39 is 11.5 Å². The van der Waals surface area contributed by atoms with Crippen molar-refractivity contribution >= 4 is 29.3 Å². The lowest BCUT2D eigenvalue weighted by Gasteiger charge is -2.42. The Labute approximate surface area is 287 Å². The zero-order valence-electron chi connectivity index (χ0n) is 29.9. The second-order valence-electron chi connectivity index (χ2n) is 14.4. The quantitative estimate of drug-likeness (QED) is 0.209. The van der Waals surface area contributed by atoms with E-state index in [0.717, 1.165) is 34.5 Å². The Balaban J connectivity index is 1.21. The molecule has 3 aromatic heterocycles. The standard InChI is InChI=1S/C36H47N9O4/c1-10-25-20-44(34(47)48-36(7,8)9)15-16-45(25)26-12-14-29(37-19-26)41-30-18-28(38-21-39-30)24-11-13-27(22(2)17-24)23(3)40-31(46)32-42-33(43-49-32)35(4,5)6/h11-14,17-19,21,23,25H,10,15-16,20H2,1-9H3,(H,40,46)(H,37,38,39,41)/t23-,25-/m1/s1. The number of hydrogen-bond donors (Lipinski definition) is 2. The molecule has 5 rings (SSSR count). The van der Waals surface area contributed by atoms with E-state index in [1.807, 2.05) is 98.0 Å². The lowest BCUT2D eigenvalue weighted by atomic mass is 9.96. The lowest BCUT2D eigenvalue weighted by molar-refractivity contribution is 0.0213. The van der Waals surface area contributed by atoms with Crippen molar-refractivity contribution in [1.29, 1.82) is 0 Å². The largest absolute Gasteiger partial charge is 0.444 e. The first kappa shape index (κ1) is 35.2. The summed E-state index contributed by atoms with van der Waals surface area (Å²) in [4.78, 5) is 47.4. The van der Waals surface area contributed by atoms with Gasteiger partial charge in [-0.3, -0.25) is 4.79 Å². The van der Waals surface area contributed by atoms with Crippen LogP contribution in [0.15, 0.2) is 53.4 Å². The van der Waals surface area contributed by atoms with E-state index >= 15 is 0 Å². The van der Waals surface area contributed by atoms with Gasteiger partial charge in [0.2, 0.25) is 0 Å². The molecule has 1 aliphatic rings. The number of nitrogens with zero attached hydrogens (tertiary/aromatic N) is 7. The second-order valence-corrected chi connectivity index (χ2v) is 14.4. The highest BCUT2D eigenvalue weighted by molar-refractivity contribution is 5.89. The van der Waals surface area contributed by atoms with Crippen molar-refractivity contribution in [3.63, 3.8) is 0 Å². The van der Waals surface area contributed by atoms with Gasteiger partial charge in [0.05, 0.1) is 23.6 Å². The molecule has 2 amide bonds. The fourth-order valence-corrected chi connectivity index (χ4v) is 5.66. The monoisotopic (exact) mass is 669 g/mol. The third kappa shape index (κ3) is 8.70. The maximum Gasteiger partial charge on any atom is 0.410 e. The number of hydrogen-bond acceptors (Lipinski definition) is 11. The first-order valence-corrected chi connectivity index (χ1v) is 16.7. The predicted octanol–water partition coefficient (Wildman–Crippen LogP) is 6.60. The lowest BCUT2D eigenvalue weighted by Crippen LogP contribution is -2.55. The molecule has 13 nitrogen and oxygen atoms in total. The molecule has 0 unspecified atom stereocenters. The molecule has 4 aromatic rings. The summed E-state index contributed by atoms with van der Waals surface area (Å²) in [6.45, 7) is 19.4. The molecule has 13 heteroatoms. The van der Waals surface area contributed by atoms with Gasteiger partial charge in [0, 0.05) is 42.7 Å². The van der Waals surface area contributed by atoms with Crippen LogP contribution < -0.4 is 15.5 Å². The first-order valence-electron chi connectivity index (χ1n) is 16.7. The highest BCUT2D eigenvalue weighted by Gasteiger charge is 2.31. The van der Waals surface area contributed by atoms with Crippen LogP contribution in [0.2, 0.25) is 0 Å². The van der Waals surface area contributed by atoms with Crippen LogP contribution in [0.25, 0.3) is 11.3 Å². The van der Waals surface area contributed by atoms with Gasteiger partial charge >= 0.3 is 17.9 Å². The highest BCUT2D eigenvalue weighted by atomic mass is 16.6. The third-order valence-electron chi connectivity index (χ3n) is 8.28. The van der Waals surface area contributed by atoms with Crippen molar-refractivity contribution in [2.75, 3.05) is 29.9 Å². The summed E-state index contributed by atoms with van der Waals surface area (Å²) < 4.78 is 10.8. The number of amides is 2. The molecule has 1 saturated heterocycles. The Morgan fingerprint density at radius 1 is 1.02 bits per heavy atom. The van der Waals surface area contributed by atoms with Gasteiger partial charge < -0.3 is 29.7 Å². The normalized spacial score (nSPS) is 15.9. The van der Waals surface area contributed by atoms with Gasteiger partial charge in [-0.05, 0) is 70.4 Å². The highest BCUT2D eigenvalue weighted by Crippen LogP contribution is 2.28. The maximum atomic E-state index is 12.8. The number of aromatic nitrogens is 5.